The molecule has 3 heterocycles. The SMILES string of the molecule is COc1cc2oc(=O)ccc2cc1C1C(c2cc3ccc(=O)oc3cc2OC)C2(C)CCC3(C)OC3C12. The zero-order valence-corrected chi connectivity index (χ0v) is 21.2. The molecule has 2 aromatic heterocycles. The Morgan fingerprint density at radius 1 is 0.784 bits per heavy atom. The molecule has 7 heteroatoms. The predicted molar refractivity (Wildman–Crippen MR) is 138 cm³/mol. The van der Waals surface area contributed by atoms with Crippen LogP contribution in [0.1, 0.15) is 49.7 Å². The Bertz CT molecular complexity index is 1700. The van der Waals surface area contributed by atoms with Crippen LogP contribution in [-0.4, -0.2) is 25.9 Å². The van der Waals surface area contributed by atoms with Crippen LogP contribution < -0.4 is 20.7 Å². The van der Waals surface area contributed by atoms with Crippen molar-refractivity contribution in [2.45, 2.75) is 50.2 Å². The van der Waals surface area contributed by atoms with Crippen LogP contribution in [0, 0.1) is 11.3 Å². The summed E-state index contributed by atoms with van der Waals surface area (Å²) < 4.78 is 29.0. The lowest BCUT2D eigenvalue weighted by Gasteiger charge is -2.63. The van der Waals surface area contributed by atoms with E-state index in [9.17, 15) is 9.59 Å². The molecule has 6 atom stereocenters. The van der Waals surface area contributed by atoms with Gasteiger partial charge in [-0.05, 0) is 60.6 Å². The van der Waals surface area contributed by atoms with E-state index in [-0.39, 0.29) is 40.5 Å². The van der Waals surface area contributed by atoms with E-state index in [4.69, 9.17) is 23.0 Å². The number of epoxide rings is 1. The van der Waals surface area contributed by atoms with E-state index in [0.29, 0.717) is 22.7 Å². The molecule has 37 heavy (non-hydrogen) atoms. The minimum Gasteiger partial charge on any atom is -0.496 e. The standard InChI is InChI=1S/C30H28O7/c1-29-9-10-30(2)28(37-30)27(29)25(17-11-15-5-7-23(31)35-19(15)13-21(17)33-3)26(29)18-12-16-6-8-24(32)36-20(16)14-22(18)34-4/h5-8,11-14,25-28H,9-10H2,1-4H3. The Kier molecular flexibility index (Phi) is 4.57. The molecular weight excluding hydrogens is 472 g/mol. The molecule has 7 rings (SSSR count). The third-order valence-corrected chi connectivity index (χ3v) is 9.28. The van der Waals surface area contributed by atoms with Gasteiger partial charge in [0.2, 0.25) is 0 Å². The second-order valence-electron chi connectivity index (χ2n) is 11.2. The van der Waals surface area contributed by atoms with Gasteiger partial charge in [-0.15, -0.1) is 0 Å². The maximum absolute atomic E-state index is 11.9. The number of ether oxygens (including phenoxy) is 3. The van der Waals surface area contributed by atoms with Gasteiger partial charge in [-0.1, -0.05) is 6.92 Å². The van der Waals surface area contributed by atoms with Crippen LogP contribution in [0.15, 0.2) is 67.0 Å². The third-order valence-electron chi connectivity index (χ3n) is 9.28. The maximum Gasteiger partial charge on any atom is 0.336 e. The summed E-state index contributed by atoms with van der Waals surface area (Å²) >= 11 is 0. The highest BCUT2D eigenvalue weighted by atomic mass is 16.6. The Balaban J connectivity index is 1.46. The summed E-state index contributed by atoms with van der Waals surface area (Å²) in [5, 5.41) is 1.71. The molecule has 0 N–H and O–H groups in total. The third kappa shape index (κ3) is 3.10. The maximum atomic E-state index is 11.9. The molecule has 7 nitrogen and oxygen atoms in total. The molecule has 1 aliphatic heterocycles. The lowest BCUT2D eigenvalue weighted by Crippen LogP contribution is -2.57. The van der Waals surface area contributed by atoms with Crippen molar-refractivity contribution in [3.05, 3.63) is 80.5 Å². The van der Waals surface area contributed by atoms with Crippen LogP contribution >= 0.6 is 0 Å². The lowest BCUT2D eigenvalue weighted by atomic mass is 9.39. The average Bonchev–Trinajstić information content (AvgIpc) is 3.55. The molecule has 1 saturated heterocycles. The van der Waals surface area contributed by atoms with Gasteiger partial charge in [-0.2, -0.15) is 0 Å². The van der Waals surface area contributed by atoms with Crippen LogP contribution in [0.3, 0.4) is 0 Å². The molecule has 3 aliphatic rings. The van der Waals surface area contributed by atoms with E-state index in [2.05, 4.69) is 26.0 Å². The molecule has 2 aliphatic carbocycles. The first-order valence-electron chi connectivity index (χ1n) is 12.7. The van der Waals surface area contributed by atoms with Gasteiger partial charge in [0.05, 0.1) is 25.9 Å². The van der Waals surface area contributed by atoms with Gasteiger partial charge >= 0.3 is 11.3 Å². The molecular formula is C30H28O7. The summed E-state index contributed by atoms with van der Waals surface area (Å²) in [6.45, 7) is 4.58. The number of hydrogen-bond donors (Lipinski definition) is 0. The van der Waals surface area contributed by atoms with Crippen molar-refractivity contribution in [3.8, 4) is 11.5 Å². The van der Waals surface area contributed by atoms with Crippen molar-refractivity contribution in [2.24, 2.45) is 11.3 Å². The Labute approximate surface area is 212 Å². The molecule has 6 unspecified atom stereocenters. The van der Waals surface area contributed by atoms with E-state index in [0.717, 1.165) is 34.7 Å². The van der Waals surface area contributed by atoms with E-state index < -0.39 is 5.63 Å². The van der Waals surface area contributed by atoms with Gasteiger partial charge < -0.3 is 23.0 Å². The zero-order valence-electron chi connectivity index (χ0n) is 21.2. The minimum absolute atomic E-state index is 0.0227. The van der Waals surface area contributed by atoms with Crippen molar-refractivity contribution in [1.82, 2.24) is 0 Å². The normalized spacial score (nSPS) is 31.9. The molecule has 190 valence electrons. The predicted octanol–water partition coefficient (Wildman–Crippen LogP) is 5.37. The van der Waals surface area contributed by atoms with Crippen LogP contribution in [0.4, 0.5) is 0 Å². The highest BCUT2D eigenvalue weighted by molar-refractivity contribution is 5.81. The van der Waals surface area contributed by atoms with E-state index in [1.807, 2.05) is 12.1 Å². The lowest BCUT2D eigenvalue weighted by molar-refractivity contribution is -0.0545. The zero-order chi connectivity index (χ0) is 25.7. The molecule has 0 amide bonds. The summed E-state index contributed by atoms with van der Waals surface area (Å²) in [4.78, 5) is 23.7. The van der Waals surface area contributed by atoms with Gasteiger partial charge in [0.25, 0.3) is 0 Å². The highest BCUT2D eigenvalue weighted by Gasteiger charge is 2.74. The van der Waals surface area contributed by atoms with Crippen molar-refractivity contribution < 1.29 is 23.0 Å². The molecule has 2 aromatic carbocycles. The fraction of sp³-hybridized carbons (Fsp3) is 0.400. The van der Waals surface area contributed by atoms with Gasteiger partial charge in [0.1, 0.15) is 22.7 Å². The largest absolute Gasteiger partial charge is 0.496 e. The van der Waals surface area contributed by atoms with Gasteiger partial charge in [0, 0.05) is 52.8 Å². The van der Waals surface area contributed by atoms with Crippen LogP contribution in [0.5, 0.6) is 11.5 Å². The Morgan fingerprint density at radius 2 is 1.35 bits per heavy atom. The fourth-order valence-corrected chi connectivity index (χ4v) is 7.41. The first-order chi connectivity index (χ1) is 17.8. The summed E-state index contributed by atoms with van der Waals surface area (Å²) in [5.74, 6) is 1.88. The topological polar surface area (TPSA) is 91.4 Å². The highest BCUT2D eigenvalue weighted by Crippen LogP contribution is 2.76. The summed E-state index contributed by atoms with van der Waals surface area (Å²) in [6.07, 6.45) is 2.21. The van der Waals surface area contributed by atoms with Crippen molar-refractivity contribution >= 4 is 21.9 Å². The first-order valence-corrected chi connectivity index (χ1v) is 12.7. The number of methoxy groups -OCH3 is 2. The number of hydrogen-bond acceptors (Lipinski definition) is 7. The van der Waals surface area contributed by atoms with Gasteiger partial charge in [-0.3, -0.25) is 0 Å². The molecule has 4 aromatic rings. The van der Waals surface area contributed by atoms with Crippen LogP contribution in [-0.2, 0) is 4.74 Å². The Hall–Kier alpha value is -3.58. The van der Waals surface area contributed by atoms with Crippen molar-refractivity contribution in [3.63, 3.8) is 0 Å². The van der Waals surface area contributed by atoms with Gasteiger partial charge in [0.15, 0.2) is 0 Å². The van der Waals surface area contributed by atoms with E-state index in [1.54, 1.807) is 26.4 Å². The van der Waals surface area contributed by atoms with Crippen molar-refractivity contribution in [2.75, 3.05) is 14.2 Å². The minimum atomic E-state index is -0.390. The smallest absolute Gasteiger partial charge is 0.336 e. The monoisotopic (exact) mass is 500 g/mol. The van der Waals surface area contributed by atoms with E-state index >= 15 is 0 Å². The first kappa shape index (κ1) is 22.6. The van der Waals surface area contributed by atoms with Gasteiger partial charge in [-0.25, -0.2) is 9.59 Å². The second-order valence-corrected chi connectivity index (χ2v) is 11.2. The molecule has 0 radical (unpaired) electrons. The number of benzene rings is 2. The van der Waals surface area contributed by atoms with Crippen LogP contribution in [0.2, 0.25) is 0 Å². The Morgan fingerprint density at radius 3 is 1.95 bits per heavy atom. The van der Waals surface area contributed by atoms with E-state index in [1.165, 1.54) is 12.1 Å². The summed E-state index contributed by atoms with van der Waals surface area (Å²) in [5.41, 5.74) is 2.27. The fourth-order valence-electron chi connectivity index (χ4n) is 7.41. The van der Waals surface area contributed by atoms with Crippen molar-refractivity contribution in [1.29, 1.82) is 0 Å². The summed E-state index contributed by atoms with van der Waals surface area (Å²) in [7, 11) is 3.30. The van der Waals surface area contributed by atoms with Crippen LogP contribution in [0.25, 0.3) is 21.9 Å². The molecule has 2 saturated carbocycles. The second kappa shape index (κ2) is 7.48. The number of rotatable bonds is 4. The average molecular weight is 501 g/mol. The molecule has 0 spiro atoms. The summed E-state index contributed by atoms with van der Waals surface area (Å²) in [6, 6.07) is 14.3. The number of fused-ring (bicyclic) bond motifs is 5. The quantitative estimate of drug-likeness (QED) is 0.275. The molecule has 0 bridgehead atoms. The molecule has 3 fully saturated rings.